The molecule has 0 aromatic rings. The van der Waals surface area contributed by atoms with Crippen LogP contribution in [0.2, 0.25) is 0 Å². The molecule has 0 radical (unpaired) electrons. The predicted molar refractivity (Wildman–Crippen MR) is 125 cm³/mol. The third kappa shape index (κ3) is 9.35. The minimum atomic E-state index is -1.75. The summed E-state index contributed by atoms with van der Waals surface area (Å²) in [6.45, 7) is 0.709. The molecule has 2 unspecified atom stereocenters. The van der Waals surface area contributed by atoms with Crippen molar-refractivity contribution in [1.82, 2.24) is 10.6 Å². The summed E-state index contributed by atoms with van der Waals surface area (Å²) in [7, 11) is 0. The Morgan fingerprint density at radius 1 is 0.459 bits per heavy atom. The van der Waals surface area contributed by atoms with Crippen LogP contribution >= 0.6 is 0 Å². The van der Waals surface area contributed by atoms with Crippen LogP contribution < -0.4 is 10.6 Å². The molecule has 0 aromatic heterocycles. The Morgan fingerprint density at radius 3 is 1.08 bits per heavy atom. The van der Waals surface area contributed by atoms with Gasteiger partial charge in [0.25, 0.3) is 11.8 Å². The number of hydrogen-bond donors (Lipinski definition) is 10. The number of carbonyl (C=O) groups is 2. The highest BCUT2D eigenvalue weighted by atomic mass is 16.6. The summed E-state index contributed by atoms with van der Waals surface area (Å²) in [4.78, 5) is 24.2. The number of ether oxygens (including phenoxy) is 2. The monoisotopic (exact) mass is 538 g/mol. The first kappa shape index (κ1) is 31.8. The van der Waals surface area contributed by atoms with Crippen molar-refractivity contribution in [3.8, 4) is 0 Å². The molecular weight excluding hydrogens is 496 g/mol. The van der Waals surface area contributed by atoms with Gasteiger partial charge in [0.05, 0.1) is 0 Å². The van der Waals surface area contributed by atoms with Crippen molar-refractivity contribution in [2.24, 2.45) is 0 Å². The molecule has 2 amide bonds. The van der Waals surface area contributed by atoms with E-state index in [1.54, 1.807) is 0 Å². The number of aliphatic hydroxyl groups is 8. The van der Waals surface area contributed by atoms with E-state index in [2.05, 4.69) is 10.6 Å². The van der Waals surface area contributed by atoms with Gasteiger partial charge in [-0.05, 0) is 12.8 Å². The fraction of sp³-hybridized carbons (Fsp3) is 0.913. The van der Waals surface area contributed by atoms with Crippen molar-refractivity contribution in [1.29, 1.82) is 0 Å². The third-order valence-corrected chi connectivity index (χ3v) is 6.65. The largest absolute Gasteiger partial charge is 0.387 e. The molecule has 0 aromatic carbocycles. The predicted octanol–water partition coefficient (Wildman–Crippen LogP) is -3.67. The first-order valence-electron chi connectivity index (χ1n) is 12.9. The second-order valence-electron chi connectivity index (χ2n) is 9.60. The van der Waals surface area contributed by atoms with Gasteiger partial charge in [0.15, 0.2) is 24.8 Å². The molecular formula is C23H42N2O12. The fourth-order valence-electron chi connectivity index (χ4n) is 4.27. The number of amides is 2. The van der Waals surface area contributed by atoms with Gasteiger partial charge < -0.3 is 61.0 Å². The molecule has 2 rings (SSSR count). The lowest BCUT2D eigenvalue weighted by Crippen LogP contribution is -2.61. The van der Waals surface area contributed by atoms with Crippen LogP contribution in [0.1, 0.15) is 57.8 Å². The molecule has 10 N–H and O–H groups in total. The Kier molecular flexibility index (Phi) is 13.6. The van der Waals surface area contributed by atoms with E-state index in [-0.39, 0.29) is 0 Å². The Balaban J connectivity index is 1.42. The van der Waals surface area contributed by atoms with Gasteiger partial charge in [-0.15, -0.1) is 0 Å². The van der Waals surface area contributed by atoms with Crippen LogP contribution in [-0.2, 0) is 19.1 Å². The zero-order chi connectivity index (χ0) is 27.5. The van der Waals surface area contributed by atoms with Crippen molar-refractivity contribution in [2.75, 3.05) is 13.1 Å². The smallest absolute Gasteiger partial charge is 0.252 e. The summed E-state index contributed by atoms with van der Waals surface area (Å²) >= 11 is 0. The molecule has 2 aliphatic rings. The lowest BCUT2D eigenvalue weighted by atomic mass is 9.98. The lowest BCUT2D eigenvalue weighted by molar-refractivity contribution is -0.275. The Hall–Kier alpha value is -1.46. The van der Waals surface area contributed by atoms with E-state index in [1.807, 2.05) is 0 Å². The molecule has 216 valence electrons. The summed E-state index contributed by atoms with van der Waals surface area (Å²) in [5.41, 5.74) is 0. The van der Waals surface area contributed by atoms with E-state index in [9.17, 15) is 50.4 Å². The van der Waals surface area contributed by atoms with Crippen molar-refractivity contribution < 1.29 is 59.9 Å². The molecule has 2 heterocycles. The maximum atomic E-state index is 12.1. The average molecular weight is 539 g/mol. The van der Waals surface area contributed by atoms with Crippen LogP contribution in [0.25, 0.3) is 0 Å². The molecule has 0 spiro atoms. The zero-order valence-electron chi connectivity index (χ0n) is 20.8. The number of carbonyl (C=O) groups excluding carboxylic acids is 2. The normalized spacial score (nSPS) is 36.2. The van der Waals surface area contributed by atoms with Crippen molar-refractivity contribution >= 4 is 11.8 Å². The summed E-state index contributed by atoms with van der Waals surface area (Å²) in [5, 5.41) is 82.0. The number of nitrogens with one attached hydrogen (secondary N) is 2. The molecule has 0 bridgehead atoms. The number of hydrogen-bond acceptors (Lipinski definition) is 12. The highest BCUT2D eigenvalue weighted by molar-refractivity contribution is 5.82. The van der Waals surface area contributed by atoms with Gasteiger partial charge >= 0.3 is 0 Å². The van der Waals surface area contributed by atoms with E-state index >= 15 is 0 Å². The van der Waals surface area contributed by atoms with E-state index in [1.165, 1.54) is 0 Å². The first-order valence-corrected chi connectivity index (χ1v) is 12.9. The van der Waals surface area contributed by atoms with Crippen LogP contribution in [0.3, 0.4) is 0 Å². The van der Waals surface area contributed by atoms with Crippen LogP contribution in [0.5, 0.6) is 0 Å². The SMILES string of the molecule is O=C(NCCCCCCCCCCCNC(=O)[C@H]1OC(O)[C@H](O)[C@@H](O)[C@@H]1O)[C@H]1OC(O)[C@H](O)[C@@H](O)[C@@H]1O. The highest BCUT2D eigenvalue weighted by Crippen LogP contribution is 2.21. The van der Waals surface area contributed by atoms with E-state index < -0.39 is 73.2 Å². The molecule has 0 saturated carbocycles. The highest BCUT2D eigenvalue weighted by Gasteiger charge is 2.47. The molecule has 2 aliphatic heterocycles. The van der Waals surface area contributed by atoms with Gasteiger partial charge in [-0.1, -0.05) is 44.9 Å². The molecule has 37 heavy (non-hydrogen) atoms. The van der Waals surface area contributed by atoms with Crippen molar-refractivity contribution in [3.05, 3.63) is 0 Å². The standard InChI is InChI=1S/C23H42N2O12/c26-12-14(28)18(36-22(34)16(12)30)20(32)24-10-8-6-4-2-1-3-5-7-9-11-25-21(33)19-15(29)13(27)17(31)23(35)37-19/h12-19,22-23,26-31,34-35H,1-11H2,(H,24,32)(H,25,33)/t12-,13-,14-,15-,16+,17+,18-,19-,22?,23?/m0/s1. The number of unbranched alkanes of at least 4 members (excludes halogenated alkanes) is 8. The summed E-state index contributed by atoms with van der Waals surface area (Å²) in [5.74, 6) is -1.32. The zero-order valence-corrected chi connectivity index (χ0v) is 20.8. The van der Waals surface area contributed by atoms with E-state index in [0.717, 1.165) is 44.9 Å². The Bertz CT molecular complexity index is 645. The Labute approximate surface area is 215 Å². The number of rotatable bonds is 14. The van der Waals surface area contributed by atoms with Gasteiger partial charge in [-0.25, -0.2) is 0 Å². The van der Waals surface area contributed by atoms with Gasteiger partial charge in [0.2, 0.25) is 0 Å². The van der Waals surface area contributed by atoms with Gasteiger partial charge in [0, 0.05) is 13.1 Å². The van der Waals surface area contributed by atoms with Crippen LogP contribution in [0, 0.1) is 0 Å². The second kappa shape index (κ2) is 15.8. The molecule has 14 nitrogen and oxygen atoms in total. The molecule has 2 saturated heterocycles. The molecule has 14 heteroatoms. The summed E-state index contributed by atoms with van der Waals surface area (Å²) < 4.78 is 9.75. The first-order chi connectivity index (χ1) is 17.6. The van der Waals surface area contributed by atoms with E-state index in [4.69, 9.17) is 9.47 Å². The number of aliphatic hydroxyl groups excluding tert-OH is 8. The molecule has 2 fully saturated rings. The van der Waals surface area contributed by atoms with Crippen molar-refractivity contribution in [3.63, 3.8) is 0 Å². The minimum absolute atomic E-state index is 0.354. The van der Waals surface area contributed by atoms with Gasteiger partial charge in [-0.3, -0.25) is 9.59 Å². The summed E-state index contributed by atoms with van der Waals surface area (Å²) in [6, 6.07) is 0. The van der Waals surface area contributed by atoms with Crippen LogP contribution in [0.15, 0.2) is 0 Å². The lowest BCUT2D eigenvalue weighted by Gasteiger charge is -2.37. The summed E-state index contributed by atoms with van der Waals surface area (Å²) in [6.07, 6.45) is -8.13. The van der Waals surface area contributed by atoms with Crippen molar-refractivity contribution in [2.45, 2.75) is 119 Å². The van der Waals surface area contributed by atoms with E-state index in [0.29, 0.717) is 25.9 Å². The topological polar surface area (TPSA) is 238 Å². The van der Waals surface area contributed by atoms with Gasteiger partial charge in [-0.2, -0.15) is 0 Å². The van der Waals surface area contributed by atoms with Gasteiger partial charge in [0.1, 0.15) is 36.6 Å². The second-order valence-corrected chi connectivity index (χ2v) is 9.60. The Morgan fingerprint density at radius 2 is 0.757 bits per heavy atom. The van der Waals surface area contributed by atoms with Crippen LogP contribution in [-0.4, -0.2) is 127 Å². The van der Waals surface area contributed by atoms with Crippen LogP contribution in [0.4, 0.5) is 0 Å². The molecule has 10 atom stereocenters. The fourth-order valence-corrected chi connectivity index (χ4v) is 4.27. The maximum Gasteiger partial charge on any atom is 0.252 e. The minimum Gasteiger partial charge on any atom is -0.387 e. The average Bonchev–Trinajstić information content (AvgIpc) is 2.88. The third-order valence-electron chi connectivity index (χ3n) is 6.65. The maximum absolute atomic E-state index is 12.1. The quantitative estimate of drug-likeness (QED) is 0.0963. The molecule has 0 aliphatic carbocycles.